The molecule has 162 valence electrons. The van der Waals surface area contributed by atoms with Gasteiger partial charge in [0.1, 0.15) is 5.54 Å². The molecular weight excluding hydrogens is 362 g/mol. The average molecular weight is 402 g/mol. The van der Waals surface area contributed by atoms with E-state index in [0.717, 1.165) is 30.8 Å². The number of allylic oxidation sites excluding steroid dienone is 1. The quantitative estimate of drug-likeness (QED) is 0.596. The molecule has 5 heteroatoms. The highest BCUT2D eigenvalue weighted by molar-refractivity contribution is 6.06. The summed E-state index contributed by atoms with van der Waals surface area (Å²) in [5.41, 5.74) is 6.10. The lowest BCUT2D eigenvalue weighted by Crippen LogP contribution is -2.43. The molecule has 0 aromatic carbocycles. The van der Waals surface area contributed by atoms with Gasteiger partial charge in [-0.05, 0) is 43.6 Å². The van der Waals surface area contributed by atoms with Gasteiger partial charge in [0.15, 0.2) is 11.7 Å². The summed E-state index contributed by atoms with van der Waals surface area (Å²) in [6.45, 7) is 1.65. The van der Waals surface area contributed by atoms with Gasteiger partial charge in [0.05, 0.1) is 0 Å². The molecule has 29 heavy (non-hydrogen) atoms. The molecule has 2 N–H and O–H groups in total. The lowest BCUT2D eigenvalue weighted by molar-refractivity contribution is -0.131. The molecule has 1 aliphatic heterocycles. The van der Waals surface area contributed by atoms with Crippen molar-refractivity contribution in [2.75, 3.05) is 7.05 Å². The molecule has 5 nitrogen and oxygen atoms in total. The third kappa shape index (κ3) is 5.49. The maximum absolute atomic E-state index is 13.1. The van der Waals surface area contributed by atoms with Gasteiger partial charge in [-0.3, -0.25) is 14.5 Å². The Morgan fingerprint density at radius 1 is 1.10 bits per heavy atom. The highest BCUT2D eigenvalue weighted by Crippen LogP contribution is 2.38. The second-order valence-electron chi connectivity index (χ2n) is 9.61. The van der Waals surface area contributed by atoms with Crippen molar-refractivity contribution in [3.05, 3.63) is 11.6 Å². The lowest BCUT2D eigenvalue weighted by atomic mass is 9.77. The molecule has 0 aromatic rings. The Kier molecular flexibility index (Phi) is 7.53. The van der Waals surface area contributed by atoms with Crippen molar-refractivity contribution in [3.8, 4) is 0 Å². The van der Waals surface area contributed by atoms with Crippen molar-refractivity contribution in [3.63, 3.8) is 0 Å². The van der Waals surface area contributed by atoms with Crippen molar-refractivity contribution < 1.29 is 9.59 Å². The zero-order valence-electron chi connectivity index (χ0n) is 18.4. The van der Waals surface area contributed by atoms with E-state index >= 15 is 0 Å². The maximum Gasteiger partial charge on any atom is 0.257 e. The Hall–Kier alpha value is -1.65. The highest BCUT2D eigenvalue weighted by Gasteiger charge is 2.47. The van der Waals surface area contributed by atoms with Crippen LogP contribution in [0.25, 0.3) is 0 Å². The molecule has 3 rings (SSSR count). The number of carbonyl (C=O) groups is 2. The van der Waals surface area contributed by atoms with Gasteiger partial charge in [0.2, 0.25) is 0 Å². The zero-order chi connectivity index (χ0) is 20.9. The summed E-state index contributed by atoms with van der Waals surface area (Å²) in [5.74, 6) is 1.70. The smallest absolute Gasteiger partial charge is 0.257 e. The van der Waals surface area contributed by atoms with Gasteiger partial charge in [-0.1, -0.05) is 70.3 Å². The molecular formula is C24H39N3O2. The largest absolute Gasteiger partial charge is 0.369 e. The summed E-state index contributed by atoms with van der Waals surface area (Å²) in [6, 6.07) is 0. The Labute approximate surface area is 176 Å². The van der Waals surface area contributed by atoms with Crippen molar-refractivity contribution in [2.45, 2.75) is 102 Å². The summed E-state index contributed by atoms with van der Waals surface area (Å²) >= 11 is 0. The fourth-order valence-corrected chi connectivity index (χ4v) is 5.53. The number of hydrogen-bond acceptors (Lipinski definition) is 4. The molecule has 0 saturated heterocycles. The third-order valence-electron chi connectivity index (χ3n) is 7.41. The minimum absolute atomic E-state index is 0.00740. The Morgan fingerprint density at radius 2 is 1.69 bits per heavy atom. The first kappa shape index (κ1) is 22.0. The number of amides is 1. The highest BCUT2D eigenvalue weighted by atomic mass is 16.2. The predicted octanol–water partition coefficient (Wildman–Crippen LogP) is 4.75. The van der Waals surface area contributed by atoms with E-state index in [1.165, 1.54) is 69.1 Å². The molecule has 1 unspecified atom stereocenters. The van der Waals surface area contributed by atoms with E-state index in [4.69, 9.17) is 5.73 Å². The number of ketones is 1. The maximum atomic E-state index is 13.1. The van der Waals surface area contributed by atoms with Crippen molar-refractivity contribution in [2.24, 2.45) is 22.6 Å². The molecule has 3 aliphatic rings. The standard InChI is InChI=1S/C24H39N3O2/c1-18(28)21(14-13-19-9-5-3-6-10-19)15-16-24(17-20-11-7-4-8-12-20)22(29)27(2)23(25)26-24/h15,19-20H,3-14,16-17H2,1-2H3,(H2,25,26)/b21-15-. The number of guanidine groups is 1. The van der Waals surface area contributed by atoms with Crippen molar-refractivity contribution in [1.82, 2.24) is 4.90 Å². The minimum atomic E-state index is -0.813. The minimum Gasteiger partial charge on any atom is -0.369 e. The number of Topliss-reactive ketones (excluding diaryl/α,β-unsaturated/α-hetero) is 1. The first-order chi connectivity index (χ1) is 13.9. The topological polar surface area (TPSA) is 75.8 Å². The first-order valence-electron chi connectivity index (χ1n) is 11.7. The number of nitrogens with two attached hydrogens (primary N) is 1. The molecule has 2 saturated carbocycles. The van der Waals surface area contributed by atoms with Crippen LogP contribution in [0.15, 0.2) is 16.6 Å². The van der Waals surface area contributed by atoms with Crippen LogP contribution in [0.1, 0.15) is 96.8 Å². The van der Waals surface area contributed by atoms with E-state index in [-0.39, 0.29) is 11.7 Å². The molecule has 1 amide bonds. The van der Waals surface area contributed by atoms with Gasteiger partial charge in [-0.25, -0.2) is 4.99 Å². The molecule has 2 aliphatic carbocycles. The van der Waals surface area contributed by atoms with E-state index in [1.807, 2.05) is 6.08 Å². The predicted molar refractivity (Wildman–Crippen MR) is 118 cm³/mol. The summed E-state index contributed by atoms with van der Waals surface area (Å²) < 4.78 is 0. The molecule has 1 heterocycles. The average Bonchev–Trinajstić information content (AvgIpc) is 2.93. The van der Waals surface area contributed by atoms with Crippen molar-refractivity contribution >= 4 is 17.6 Å². The van der Waals surface area contributed by atoms with E-state index in [1.54, 1.807) is 14.0 Å². The normalized spacial score (nSPS) is 27.4. The van der Waals surface area contributed by atoms with Crippen LogP contribution in [0.5, 0.6) is 0 Å². The zero-order valence-corrected chi connectivity index (χ0v) is 18.4. The Morgan fingerprint density at radius 3 is 2.21 bits per heavy atom. The number of aliphatic imine (C=N–C) groups is 1. The lowest BCUT2D eigenvalue weighted by Gasteiger charge is -2.31. The van der Waals surface area contributed by atoms with Gasteiger partial charge >= 0.3 is 0 Å². The van der Waals surface area contributed by atoms with Crippen molar-refractivity contribution in [1.29, 1.82) is 0 Å². The summed E-state index contributed by atoms with van der Waals surface area (Å²) in [7, 11) is 1.71. The van der Waals surface area contributed by atoms with Crippen LogP contribution in [0.2, 0.25) is 0 Å². The van der Waals surface area contributed by atoms with Gasteiger partial charge in [-0.2, -0.15) is 0 Å². The number of rotatable bonds is 8. The van der Waals surface area contributed by atoms with Gasteiger partial charge in [-0.15, -0.1) is 0 Å². The molecule has 0 bridgehead atoms. The number of hydrogen-bond donors (Lipinski definition) is 1. The monoisotopic (exact) mass is 401 g/mol. The number of likely N-dealkylation sites (N-methyl/N-ethyl adjacent to an activating group) is 1. The van der Waals surface area contributed by atoms with Crippen LogP contribution in [-0.4, -0.2) is 35.1 Å². The van der Waals surface area contributed by atoms with Gasteiger partial charge in [0.25, 0.3) is 5.91 Å². The van der Waals surface area contributed by atoms with Gasteiger partial charge in [0, 0.05) is 13.5 Å². The van der Waals surface area contributed by atoms with E-state index in [0.29, 0.717) is 18.3 Å². The summed E-state index contributed by atoms with van der Waals surface area (Å²) in [5, 5.41) is 0. The molecule has 2 fully saturated rings. The fourth-order valence-electron chi connectivity index (χ4n) is 5.53. The van der Waals surface area contributed by atoms with E-state index in [2.05, 4.69) is 4.99 Å². The van der Waals surface area contributed by atoms with E-state index in [9.17, 15) is 9.59 Å². The Balaban J connectivity index is 1.72. The SMILES string of the molecule is CC(=O)/C(=C\CC1(CC2CCCCC2)N=C(N)N(C)C1=O)CCC1CCCCC1. The van der Waals surface area contributed by atoms with Crippen LogP contribution in [0.3, 0.4) is 0 Å². The van der Waals surface area contributed by atoms with Gasteiger partial charge < -0.3 is 5.73 Å². The third-order valence-corrected chi connectivity index (χ3v) is 7.41. The number of nitrogens with zero attached hydrogens (tertiary/aromatic N) is 2. The van der Waals surface area contributed by atoms with Crippen LogP contribution in [-0.2, 0) is 9.59 Å². The molecule has 0 radical (unpaired) electrons. The second kappa shape index (κ2) is 9.90. The van der Waals surface area contributed by atoms with Crippen LogP contribution in [0, 0.1) is 11.8 Å². The van der Waals surface area contributed by atoms with Crippen LogP contribution < -0.4 is 5.73 Å². The van der Waals surface area contributed by atoms with Crippen LogP contribution >= 0.6 is 0 Å². The summed E-state index contributed by atoms with van der Waals surface area (Å²) in [4.78, 5) is 31.6. The molecule has 0 spiro atoms. The molecule has 0 aromatic heterocycles. The molecule has 1 atom stereocenters. The first-order valence-corrected chi connectivity index (χ1v) is 11.7. The number of carbonyl (C=O) groups excluding carboxylic acids is 2. The fraction of sp³-hybridized carbons (Fsp3) is 0.792. The van der Waals surface area contributed by atoms with Crippen LogP contribution in [0.4, 0.5) is 0 Å². The Bertz CT molecular complexity index is 657. The van der Waals surface area contributed by atoms with E-state index < -0.39 is 5.54 Å². The summed E-state index contributed by atoms with van der Waals surface area (Å²) in [6.07, 6.45) is 17.8. The second-order valence-corrected chi connectivity index (χ2v) is 9.61.